The second-order valence-corrected chi connectivity index (χ2v) is 7.63. The molecule has 2 unspecified atom stereocenters. The topological polar surface area (TPSA) is 146 Å². The van der Waals surface area contributed by atoms with E-state index in [1.54, 1.807) is 13.8 Å². The summed E-state index contributed by atoms with van der Waals surface area (Å²) in [5, 5.41) is 18.6. The van der Waals surface area contributed by atoms with Gasteiger partial charge in [0.25, 0.3) is 0 Å². The highest BCUT2D eigenvalue weighted by atomic mass is 16.6. The van der Waals surface area contributed by atoms with Crippen molar-refractivity contribution < 1.29 is 48.3 Å². The molecule has 0 saturated carbocycles. The van der Waals surface area contributed by atoms with Gasteiger partial charge in [-0.15, -0.1) is 0 Å². The fourth-order valence-corrected chi connectivity index (χ4v) is 2.73. The van der Waals surface area contributed by atoms with Gasteiger partial charge < -0.3 is 29.2 Å². The first kappa shape index (κ1) is 27.9. The summed E-state index contributed by atoms with van der Waals surface area (Å²) in [6.45, 7) is 2.93. The average Bonchev–Trinajstić information content (AvgIpc) is 2.86. The number of phenols is 2. The molecule has 192 valence electrons. The van der Waals surface area contributed by atoms with Crippen molar-refractivity contribution in [3.8, 4) is 23.0 Å². The van der Waals surface area contributed by atoms with E-state index < -0.39 is 35.7 Å². The van der Waals surface area contributed by atoms with Crippen molar-refractivity contribution in [1.82, 2.24) is 0 Å². The first-order chi connectivity index (χ1) is 17.2. The molecule has 0 spiro atoms. The third-order valence-electron chi connectivity index (χ3n) is 4.97. The Labute approximate surface area is 208 Å². The lowest BCUT2D eigenvalue weighted by atomic mass is 10.1. The van der Waals surface area contributed by atoms with Crippen LogP contribution in [0, 0.1) is 11.8 Å². The van der Waals surface area contributed by atoms with E-state index in [-0.39, 0.29) is 36.2 Å². The van der Waals surface area contributed by atoms with Gasteiger partial charge in [-0.05, 0) is 61.4 Å². The fourth-order valence-electron chi connectivity index (χ4n) is 2.73. The van der Waals surface area contributed by atoms with Crippen molar-refractivity contribution in [3.63, 3.8) is 0 Å². The molecule has 0 radical (unpaired) electrons. The van der Waals surface area contributed by atoms with E-state index in [1.807, 2.05) is 0 Å². The van der Waals surface area contributed by atoms with Gasteiger partial charge in [0, 0.05) is 12.2 Å². The number of carbonyl (C=O) groups is 4. The number of rotatable bonds is 12. The first-order valence-electron chi connectivity index (χ1n) is 11.2. The molecule has 2 aromatic rings. The number of hydrogen-bond acceptors (Lipinski definition) is 10. The fraction of sp³-hybridized carbons (Fsp3) is 0.308. The Balaban J connectivity index is 1.76. The standard InChI is InChI=1S/C26H28O10/c1-3-17(25(31)35-21-9-5-19(27)6-10-21)15-33-23(29)13-14-24(30)34-16-18(4-2)26(32)36-22-11-7-20(28)8-12-22/h5-14,17-18,27-28H,3-4,15-16H2,1-2H3/b14-13-. The normalized spacial score (nSPS) is 12.4. The molecule has 2 N–H and O–H groups in total. The van der Waals surface area contributed by atoms with E-state index in [2.05, 4.69) is 0 Å². The highest BCUT2D eigenvalue weighted by Crippen LogP contribution is 2.19. The summed E-state index contributed by atoms with van der Waals surface area (Å²) >= 11 is 0. The summed E-state index contributed by atoms with van der Waals surface area (Å²) in [5.74, 6) is -3.86. The minimum absolute atomic E-state index is 0.0281. The molecule has 0 aromatic heterocycles. The summed E-state index contributed by atoms with van der Waals surface area (Å²) in [5.41, 5.74) is 0. The maximum Gasteiger partial charge on any atom is 0.331 e. The van der Waals surface area contributed by atoms with E-state index in [0.29, 0.717) is 12.8 Å². The molecule has 0 aliphatic heterocycles. The zero-order valence-electron chi connectivity index (χ0n) is 19.9. The van der Waals surface area contributed by atoms with E-state index >= 15 is 0 Å². The Hall–Kier alpha value is -4.34. The highest BCUT2D eigenvalue weighted by Gasteiger charge is 2.22. The van der Waals surface area contributed by atoms with Crippen molar-refractivity contribution in [2.45, 2.75) is 26.7 Å². The van der Waals surface area contributed by atoms with Gasteiger partial charge in [-0.2, -0.15) is 0 Å². The van der Waals surface area contributed by atoms with Crippen molar-refractivity contribution in [2.75, 3.05) is 13.2 Å². The van der Waals surface area contributed by atoms with E-state index in [1.165, 1.54) is 48.5 Å². The molecule has 2 rings (SSSR count). The predicted octanol–water partition coefficient (Wildman–Crippen LogP) is 3.30. The van der Waals surface area contributed by atoms with Gasteiger partial charge in [-0.25, -0.2) is 9.59 Å². The zero-order valence-corrected chi connectivity index (χ0v) is 19.9. The lowest BCUT2D eigenvalue weighted by molar-refractivity contribution is -0.149. The monoisotopic (exact) mass is 500 g/mol. The third kappa shape index (κ3) is 9.49. The Morgan fingerprint density at radius 1 is 0.667 bits per heavy atom. The molecule has 0 aliphatic rings. The Bertz CT molecular complexity index is 972. The summed E-state index contributed by atoms with van der Waals surface area (Å²) in [7, 11) is 0. The van der Waals surface area contributed by atoms with Crippen LogP contribution < -0.4 is 9.47 Å². The quantitative estimate of drug-likeness (QED) is 0.253. The zero-order chi connectivity index (χ0) is 26.5. The smallest absolute Gasteiger partial charge is 0.331 e. The van der Waals surface area contributed by atoms with Crippen LogP contribution in [0.2, 0.25) is 0 Å². The molecule has 2 atom stereocenters. The third-order valence-corrected chi connectivity index (χ3v) is 4.97. The maximum absolute atomic E-state index is 12.3. The SMILES string of the molecule is CCC(COC(=O)/C=C\C(=O)OCC(CC)C(=O)Oc1ccc(O)cc1)C(=O)Oc1ccc(O)cc1. The summed E-state index contributed by atoms with van der Waals surface area (Å²) in [4.78, 5) is 48.4. The van der Waals surface area contributed by atoms with Crippen LogP contribution in [0.3, 0.4) is 0 Å². The van der Waals surface area contributed by atoms with Crippen LogP contribution in [0.5, 0.6) is 23.0 Å². The molecular formula is C26H28O10. The molecule has 2 aromatic carbocycles. The van der Waals surface area contributed by atoms with Crippen LogP contribution in [0.25, 0.3) is 0 Å². The van der Waals surface area contributed by atoms with Crippen LogP contribution in [0.1, 0.15) is 26.7 Å². The minimum Gasteiger partial charge on any atom is -0.508 e. The second-order valence-electron chi connectivity index (χ2n) is 7.63. The lowest BCUT2D eigenvalue weighted by Crippen LogP contribution is -2.26. The van der Waals surface area contributed by atoms with Crippen LogP contribution in [-0.2, 0) is 28.7 Å². The van der Waals surface area contributed by atoms with Crippen molar-refractivity contribution in [2.24, 2.45) is 11.8 Å². The maximum atomic E-state index is 12.3. The number of benzene rings is 2. The minimum atomic E-state index is -0.860. The Morgan fingerprint density at radius 2 is 1.00 bits per heavy atom. The lowest BCUT2D eigenvalue weighted by Gasteiger charge is -2.14. The van der Waals surface area contributed by atoms with Gasteiger partial charge in [-0.1, -0.05) is 13.8 Å². The number of aromatic hydroxyl groups is 2. The van der Waals surface area contributed by atoms with Crippen molar-refractivity contribution in [1.29, 1.82) is 0 Å². The molecule has 10 heteroatoms. The molecule has 0 fully saturated rings. The van der Waals surface area contributed by atoms with Gasteiger partial charge in [-0.3, -0.25) is 9.59 Å². The largest absolute Gasteiger partial charge is 0.508 e. The number of phenolic OH excluding ortho intramolecular Hbond substituents is 2. The second kappa shape index (κ2) is 14.1. The molecule has 0 saturated heterocycles. The van der Waals surface area contributed by atoms with Gasteiger partial charge in [0.2, 0.25) is 0 Å². The number of esters is 4. The molecule has 0 amide bonds. The molecule has 0 bridgehead atoms. The van der Waals surface area contributed by atoms with E-state index in [4.69, 9.17) is 18.9 Å². The van der Waals surface area contributed by atoms with E-state index in [0.717, 1.165) is 12.2 Å². The van der Waals surface area contributed by atoms with Gasteiger partial charge in [0.15, 0.2) is 0 Å². The van der Waals surface area contributed by atoms with Gasteiger partial charge >= 0.3 is 23.9 Å². The average molecular weight is 501 g/mol. The van der Waals surface area contributed by atoms with Crippen LogP contribution in [-0.4, -0.2) is 47.3 Å². The predicted molar refractivity (Wildman–Crippen MR) is 126 cm³/mol. The summed E-state index contributed by atoms with van der Waals surface area (Å²) < 4.78 is 20.4. The van der Waals surface area contributed by atoms with Gasteiger partial charge in [0.05, 0.1) is 11.8 Å². The molecule has 36 heavy (non-hydrogen) atoms. The van der Waals surface area contributed by atoms with Crippen LogP contribution in [0.4, 0.5) is 0 Å². The number of carbonyl (C=O) groups excluding carboxylic acids is 4. The summed E-state index contributed by atoms with van der Waals surface area (Å²) in [6.07, 6.45) is 2.40. The molecule has 0 heterocycles. The molecular weight excluding hydrogens is 472 g/mol. The summed E-state index contributed by atoms with van der Waals surface area (Å²) in [6, 6.07) is 11.2. The first-order valence-corrected chi connectivity index (χ1v) is 11.2. The molecule has 0 aliphatic carbocycles. The molecule has 10 nitrogen and oxygen atoms in total. The number of ether oxygens (including phenoxy) is 4. The highest BCUT2D eigenvalue weighted by molar-refractivity contribution is 5.92. The van der Waals surface area contributed by atoms with Crippen LogP contribution in [0.15, 0.2) is 60.7 Å². The van der Waals surface area contributed by atoms with Crippen molar-refractivity contribution >= 4 is 23.9 Å². The van der Waals surface area contributed by atoms with E-state index in [9.17, 15) is 29.4 Å². The van der Waals surface area contributed by atoms with Crippen molar-refractivity contribution in [3.05, 3.63) is 60.7 Å². The van der Waals surface area contributed by atoms with Gasteiger partial charge in [0.1, 0.15) is 36.2 Å². The number of hydrogen-bond donors (Lipinski definition) is 2. The van der Waals surface area contributed by atoms with Crippen LogP contribution >= 0.6 is 0 Å². The Morgan fingerprint density at radius 3 is 1.31 bits per heavy atom. The Kier molecular flexibility index (Phi) is 11.0.